The zero-order valence-corrected chi connectivity index (χ0v) is 23.2. The summed E-state index contributed by atoms with van der Waals surface area (Å²) in [4.78, 5) is 13.3. The first-order chi connectivity index (χ1) is 18.0. The van der Waals surface area contributed by atoms with Crippen molar-refractivity contribution in [2.24, 2.45) is 0 Å². The van der Waals surface area contributed by atoms with E-state index in [0.717, 1.165) is 28.3 Å². The molecule has 1 amide bonds. The van der Waals surface area contributed by atoms with Gasteiger partial charge in [-0.25, -0.2) is 16.8 Å². The SMILES string of the molecule is COc1ccc(S(=O)(=O)N2CCCC2)cc1NC(=O)CN(c1ccc(C)c(C)c1)S(=O)(=O)c1ccccc1. The number of nitrogens with zero attached hydrogens (tertiary/aromatic N) is 2. The fourth-order valence-corrected chi connectivity index (χ4v) is 7.24. The van der Waals surface area contributed by atoms with Crippen LogP contribution >= 0.6 is 0 Å². The van der Waals surface area contributed by atoms with Crippen molar-refractivity contribution in [3.8, 4) is 5.75 Å². The molecule has 3 aromatic carbocycles. The van der Waals surface area contributed by atoms with Crippen LogP contribution in [0.15, 0.2) is 76.5 Å². The number of amides is 1. The fourth-order valence-electron chi connectivity index (χ4n) is 4.26. The molecule has 0 bridgehead atoms. The summed E-state index contributed by atoms with van der Waals surface area (Å²) in [5.41, 5.74) is 2.33. The summed E-state index contributed by atoms with van der Waals surface area (Å²) in [5.74, 6) is -0.404. The lowest BCUT2D eigenvalue weighted by atomic mass is 10.1. The number of aryl methyl sites for hydroxylation is 2. The molecule has 0 spiro atoms. The van der Waals surface area contributed by atoms with Crippen LogP contribution in [-0.2, 0) is 24.8 Å². The molecular formula is C27H31N3O6S2. The van der Waals surface area contributed by atoms with Crippen LogP contribution in [0.5, 0.6) is 5.75 Å². The van der Waals surface area contributed by atoms with Crippen molar-refractivity contribution in [1.82, 2.24) is 4.31 Å². The molecule has 3 aromatic rings. The summed E-state index contributed by atoms with van der Waals surface area (Å²) in [6, 6.07) is 17.3. The monoisotopic (exact) mass is 557 g/mol. The summed E-state index contributed by atoms with van der Waals surface area (Å²) < 4.78 is 61.1. The van der Waals surface area contributed by atoms with E-state index in [4.69, 9.17) is 4.74 Å². The molecule has 0 atom stereocenters. The zero-order valence-electron chi connectivity index (χ0n) is 21.5. The van der Waals surface area contributed by atoms with Gasteiger partial charge in [-0.15, -0.1) is 0 Å². The first-order valence-corrected chi connectivity index (χ1v) is 15.0. The third kappa shape index (κ3) is 5.69. The minimum absolute atomic E-state index is 0.0263. The minimum atomic E-state index is -4.09. The largest absolute Gasteiger partial charge is 0.495 e. The van der Waals surface area contributed by atoms with Gasteiger partial charge in [-0.3, -0.25) is 9.10 Å². The molecule has 202 valence electrons. The van der Waals surface area contributed by atoms with Crippen molar-refractivity contribution in [2.75, 3.05) is 36.4 Å². The van der Waals surface area contributed by atoms with E-state index in [1.165, 1.54) is 41.7 Å². The maximum absolute atomic E-state index is 13.6. The molecule has 0 saturated carbocycles. The maximum atomic E-state index is 13.6. The Labute approximate surface area is 224 Å². The van der Waals surface area contributed by atoms with E-state index in [9.17, 15) is 21.6 Å². The summed E-state index contributed by atoms with van der Waals surface area (Å²) in [6.07, 6.45) is 1.59. The smallest absolute Gasteiger partial charge is 0.264 e. The molecule has 1 aliphatic rings. The molecule has 0 unspecified atom stereocenters. The van der Waals surface area contributed by atoms with E-state index in [0.29, 0.717) is 18.8 Å². The van der Waals surface area contributed by atoms with Crippen LogP contribution in [0.25, 0.3) is 0 Å². The molecule has 4 rings (SSSR count). The van der Waals surface area contributed by atoms with Gasteiger partial charge in [0.2, 0.25) is 15.9 Å². The summed E-state index contributed by atoms with van der Waals surface area (Å²) in [6.45, 7) is 4.13. The topological polar surface area (TPSA) is 113 Å². The highest BCUT2D eigenvalue weighted by Crippen LogP contribution is 2.31. The summed E-state index contributed by atoms with van der Waals surface area (Å²) >= 11 is 0. The Kier molecular flexibility index (Phi) is 8.10. The molecule has 0 radical (unpaired) electrons. The van der Waals surface area contributed by atoms with Crippen molar-refractivity contribution in [3.05, 3.63) is 77.9 Å². The number of hydrogen-bond acceptors (Lipinski definition) is 6. The van der Waals surface area contributed by atoms with E-state index in [2.05, 4.69) is 5.32 Å². The van der Waals surface area contributed by atoms with Gasteiger partial charge in [0.15, 0.2) is 0 Å². The number of nitrogens with one attached hydrogen (secondary N) is 1. The molecule has 1 fully saturated rings. The molecule has 1 saturated heterocycles. The lowest BCUT2D eigenvalue weighted by Gasteiger charge is -2.25. The Morgan fingerprint density at radius 2 is 1.58 bits per heavy atom. The van der Waals surface area contributed by atoms with Crippen LogP contribution < -0.4 is 14.4 Å². The van der Waals surface area contributed by atoms with E-state index >= 15 is 0 Å². The quantitative estimate of drug-likeness (QED) is 0.427. The number of carbonyl (C=O) groups excluding carboxylic acids is 1. The van der Waals surface area contributed by atoms with E-state index in [1.54, 1.807) is 36.4 Å². The lowest BCUT2D eigenvalue weighted by Crippen LogP contribution is -2.38. The Morgan fingerprint density at radius 3 is 2.21 bits per heavy atom. The average Bonchev–Trinajstić information content (AvgIpc) is 3.45. The summed E-state index contributed by atoms with van der Waals surface area (Å²) in [5, 5.41) is 2.66. The second-order valence-electron chi connectivity index (χ2n) is 9.11. The molecular weight excluding hydrogens is 526 g/mol. The number of rotatable bonds is 9. The maximum Gasteiger partial charge on any atom is 0.264 e. The molecule has 0 aliphatic carbocycles. The Morgan fingerprint density at radius 1 is 0.895 bits per heavy atom. The Hall–Kier alpha value is -3.41. The third-order valence-corrected chi connectivity index (χ3v) is 10.2. The Bertz CT molecular complexity index is 1530. The molecule has 1 N–H and O–H groups in total. The van der Waals surface area contributed by atoms with E-state index < -0.39 is 32.5 Å². The third-order valence-electron chi connectivity index (χ3n) is 6.54. The average molecular weight is 558 g/mol. The van der Waals surface area contributed by atoms with Crippen LogP contribution in [0.4, 0.5) is 11.4 Å². The second kappa shape index (κ2) is 11.1. The summed E-state index contributed by atoms with van der Waals surface area (Å²) in [7, 11) is -6.42. The van der Waals surface area contributed by atoms with Crippen molar-refractivity contribution in [1.29, 1.82) is 0 Å². The highest BCUT2D eigenvalue weighted by atomic mass is 32.2. The molecule has 1 aliphatic heterocycles. The minimum Gasteiger partial charge on any atom is -0.495 e. The van der Waals surface area contributed by atoms with Gasteiger partial charge < -0.3 is 10.1 Å². The van der Waals surface area contributed by atoms with Gasteiger partial charge in [-0.05, 0) is 80.3 Å². The number of sulfonamides is 2. The van der Waals surface area contributed by atoms with Gasteiger partial charge in [0, 0.05) is 13.1 Å². The van der Waals surface area contributed by atoms with Gasteiger partial charge in [0.1, 0.15) is 12.3 Å². The van der Waals surface area contributed by atoms with Gasteiger partial charge in [0.25, 0.3) is 10.0 Å². The number of carbonyl (C=O) groups is 1. The standard InChI is InChI=1S/C27H31N3O6S2/c1-20-11-12-22(17-21(20)2)30(38(34,35)23-9-5-4-6-10-23)19-27(31)28-25-18-24(13-14-26(25)36-3)37(32,33)29-15-7-8-16-29/h4-6,9-14,17-18H,7-8,15-16,19H2,1-3H3,(H,28,31). The van der Waals surface area contributed by atoms with Crippen molar-refractivity contribution >= 4 is 37.3 Å². The first kappa shape index (κ1) is 27.6. The molecule has 1 heterocycles. The lowest BCUT2D eigenvalue weighted by molar-refractivity contribution is -0.114. The van der Waals surface area contributed by atoms with Crippen LogP contribution in [0.3, 0.4) is 0 Å². The van der Waals surface area contributed by atoms with E-state index in [-0.39, 0.29) is 21.2 Å². The van der Waals surface area contributed by atoms with Crippen molar-refractivity contribution in [3.63, 3.8) is 0 Å². The zero-order chi connectivity index (χ0) is 27.5. The molecule has 9 nitrogen and oxygen atoms in total. The van der Waals surface area contributed by atoms with Crippen molar-refractivity contribution < 1.29 is 26.4 Å². The number of methoxy groups -OCH3 is 1. The molecule has 0 aromatic heterocycles. The fraction of sp³-hybridized carbons (Fsp3) is 0.296. The van der Waals surface area contributed by atoms with E-state index in [1.807, 2.05) is 13.8 Å². The van der Waals surface area contributed by atoms with Gasteiger partial charge in [0.05, 0.1) is 28.3 Å². The van der Waals surface area contributed by atoms with Gasteiger partial charge >= 0.3 is 0 Å². The predicted molar refractivity (Wildman–Crippen MR) is 147 cm³/mol. The van der Waals surface area contributed by atoms with Gasteiger partial charge in [-0.1, -0.05) is 24.3 Å². The number of benzene rings is 3. The van der Waals surface area contributed by atoms with Crippen LogP contribution in [0, 0.1) is 13.8 Å². The second-order valence-corrected chi connectivity index (χ2v) is 12.9. The van der Waals surface area contributed by atoms with Gasteiger partial charge in [-0.2, -0.15) is 4.31 Å². The molecule has 38 heavy (non-hydrogen) atoms. The number of anilines is 2. The van der Waals surface area contributed by atoms with Crippen LogP contribution in [0.2, 0.25) is 0 Å². The Balaban J connectivity index is 1.67. The predicted octanol–water partition coefficient (Wildman–Crippen LogP) is 3.93. The normalized spacial score (nSPS) is 14.3. The highest BCUT2D eigenvalue weighted by Gasteiger charge is 2.30. The first-order valence-electron chi connectivity index (χ1n) is 12.2. The number of hydrogen-bond donors (Lipinski definition) is 1. The highest BCUT2D eigenvalue weighted by molar-refractivity contribution is 7.92. The van der Waals surface area contributed by atoms with Crippen molar-refractivity contribution in [2.45, 2.75) is 36.5 Å². The van der Waals surface area contributed by atoms with Crippen LogP contribution in [-0.4, -0.2) is 53.8 Å². The molecule has 11 heteroatoms. The number of ether oxygens (including phenoxy) is 1. The van der Waals surface area contributed by atoms with Crippen LogP contribution in [0.1, 0.15) is 24.0 Å².